The van der Waals surface area contributed by atoms with Crippen LogP contribution in [0.5, 0.6) is 0 Å². The minimum absolute atomic E-state index is 0.680. The monoisotopic (exact) mass is 231 g/mol. The van der Waals surface area contributed by atoms with E-state index in [9.17, 15) is 0 Å². The van der Waals surface area contributed by atoms with Crippen LogP contribution in [0.15, 0.2) is 48.1 Å². The van der Waals surface area contributed by atoms with Crippen molar-refractivity contribution < 1.29 is 0 Å². The Hall–Kier alpha value is -1.08. The molecule has 0 aromatic heterocycles. The molecule has 1 nitrogen and oxygen atoms in total. The molecule has 1 heterocycles. The van der Waals surface area contributed by atoms with Gasteiger partial charge in [0, 0.05) is 0 Å². The average molecular weight is 231 g/mol. The molecule has 0 aromatic rings. The van der Waals surface area contributed by atoms with Crippen molar-refractivity contribution in [3.8, 4) is 0 Å². The van der Waals surface area contributed by atoms with E-state index in [2.05, 4.69) is 51.1 Å². The summed E-state index contributed by atoms with van der Waals surface area (Å²) in [6.07, 6.45) is 8.73. The average Bonchev–Trinajstić information content (AvgIpc) is 2.36. The normalized spacial score (nSPS) is 20.4. The van der Waals surface area contributed by atoms with Gasteiger partial charge in [-0.15, -0.1) is 0 Å². The van der Waals surface area contributed by atoms with Crippen molar-refractivity contribution in [3.05, 3.63) is 48.1 Å². The minimum atomic E-state index is 0.680. The second-order valence-electron chi connectivity index (χ2n) is 4.93. The summed E-state index contributed by atoms with van der Waals surface area (Å²) >= 11 is 0. The number of hydrogen-bond acceptors (Lipinski definition) is 1. The van der Waals surface area contributed by atoms with Crippen molar-refractivity contribution in [1.29, 1.82) is 0 Å². The number of allylic oxidation sites excluding steroid dienone is 6. The SMILES string of the molecule is C=CC(=C)/C=C(\C(C)=C/C)C1CCN(C)CC1. The quantitative estimate of drug-likeness (QED) is 0.662. The van der Waals surface area contributed by atoms with Gasteiger partial charge in [-0.2, -0.15) is 0 Å². The first kappa shape index (κ1) is 14.0. The fraction of sp³-hybridized carbons (Fsp3) is 0.500. The van der Waals surface area contributed by atoms with E-state index in [-0.39, 0.29) is 0 Å². The maximum absolute atomic E-state index is 4.01. The van der Waals surface area contributed by atoms with Crippen LogP contribution in [0.2, 0.25) is 0 Å². The van der Waals surface area contributed by atoms with Gasteiger partial charge in [0.25, 0.3) is 0 Å². The van der Waals surface area contributed by atoms with Crippen molar-refractivity contribution in [2.75, 3.05) is 20.1 Å². The van der Waals surface area contributed by atoms with E-state index in [1.807, 2.05) is 6.08 Å². The summed E-state index contributed by atoms with van der Waals surface area (Å²) in [6, 6.07) is 0. The van der Waals surface area contributed by atoms with Crippen LogP contribution in [0.25, 0.3) is 0 Å². The first-order valence-corrected chi connectivity index (χ1v) is 6.43. The molecule has 1 aliphatic heterocycles. The first-order chi connectivity index (χ1) is 8.08. The molecule has 0 N–H and O–H groups in total. The van der Waals surface area contributed by atoms with Gasteiger partial charge in [0.2, 0.25) is 0 Å². The Labute approximate surface area is 106 Å². The van der Waals surface area contributed by atoms with Crippen LogP contribution in [-0.2, 0) is 0 Å². The standard InChI is InChI=1S/C16H25N/c1-6-13(3)12-16(14(4)7-2)15-8-10-17(5)11-9-15/h6-7,12,15H,1,3,8-11H2,2,4-5H3/b14-7-,16-12+. The number of nitrogens with zero attached hydrogens (tertiary/aromatic N) is 1. The summed E-state index contributed by atoms with van der Waals surface area (Å²) < 4.78 is 0. The Bertz CT molecular complexity index is 339. The lowest BCUT2D eigenvalue weighted by Gasteiger charge is -2.31. The maximum Gasteiger partial charge on any atom is -0.00159 e. The smallest absolute Gasteiger partial charge is 0.00159 e. The fourth-order valence-corrected chi connectivity index (χ4v) is 2.30. The molecule has 0 radical (unpaired) electrons. The summed E-state index contributed by atoms with van der Waals surface area (Å²) in [5.41, 5.74) is 3.84. The van der Waals surface area contributed by atoms with E-state index < -0.39 is 0 Å². The minimum Gasteiger partial charge on any atom is -0.306 e. The number of likely N-dealkylation sites (tertiary alicyclic amines) is 1. The summed E-state index contributed by atoms with van der Waals surface area (Å²) in [7, 11) is 2.20. The van der Waals surface area contributed by atoms with E-state index >= 15 is 0 Å². The highest BCUT2D eigenvalue weighted by Gasteiger charge is 2.20. The Morgan fingerprint density at radius 3 is 2.35 bits per heavy atom. The van der Waals surface area contributed by atoms with Gasteiger partial charge in [-0.05, 0) is 63.9 Å². The summed E-state index contributed by atoms with van der Waals surface area (Å²) in [5, 5.41) is 0. The Morgan fingerprint density at radius 1 is 1.29 bits per heavy atom. The molecule has 1 rings (SSSR count). The second-order valence-corrected chi connectivity index (χ2v) is 4.93. The third kappa shape index (κ3) is 4.01. The summed E-state index contributed by atoms with van der Waals surface area (Å²) in [6.45, 7) is 14.5. The van der Waals surface area contributed by atoms with E-state index in [1.54, 1.807) is 0 Å². The van der Waals surface area contributed by atoms with Crippen LogP contribution in [0.3, 0.4) is 0 Å². The molecular weight excluding hydrogens is 206 g/mol. The molecular formula is C16H25N. The van der Waals surface area contributed by atoms with Gasteiger partial charge in [0.05, 0.1) is 0 Å². The van der Waals surface area contributed by atoms with Crippen molar-refractivity contribution >= 4 is 0 Å². The van der Waals surface area contributed by atoms with Gasteiger partial charge in [0.1, 0.15) is 0 Å². The topological polar surface area (TPSA) is 3.24 Å². The lowest BCUT2D eigenvalue weighted by molar-refractivity contribution is 0.239. The van der Waals surface area contributed by atoms with Crippen molar-refractivity contribution in [1.82, 2.24) is 4.90 Å². The molecule has 0 bridgehead atoms. The molecule has 0 spiro atoms. The van der Waals surface area contributed by atoms with Crippen molar-refractivity contribution in [3.63, 3.8) is 0 Å². The first-order valence-electron chi connectivity index (χ1n) is 6.43. The molecule has 0 amide bonds. The molecule has 1 heteroatoms. The highest BCUT2D eigenvalue weighted by atomic mass is 15.1. The molecule has 1 fully saturated rings. The molecule has 0 saturated carbocycles. The highest BCUT2D eigenvalue weighted by Crippen LogP contribution is 2.29. The maximum atomic E-state index is 4.01. The van der Waals surface area contributed by atoms with Crippen LogP contribution in [0.4, 0.5) is 0 Å². The predicted molar refractivity (Wildman–Crippen MR) is 77.1 cm³/mol. The van der Waals surface area contributed by atoms with Gasteiger partial charge in [0.15, 0.2) is 0 Å². The molecule has 0 aliphatic carbocycles. The molecule has 0 unspecified atom stereocenters. The van der Waals surface area contributed by atoms with Crippen LogP contribution in [0.1, 0.15) is 26.7 Å². The Morgan fingerprint density at radius 2 is 1.88 bits per heavy atom. The lowest BCUT2D eigenvalue weighted by atomic mass is 9.84. The zero-order valence-electron chi connectivity index (χ0n) is 11.5. The lowest BCUT2D eigenvalue weighted by Crippen LogP contribution is -2.31. The van der Waals surface area contributed by atoms with Crippen molar-refractivity contribution in [2.45, 2.75) is 26.7 Å². The number of hydrogen-bond donors (Lipinski definition) is 0. The molecule has 17 heavy (non-hydrogen) atoms. The Kier molecular flexibility index (Phi) is 5.43. The Balaban J connectivity index is 2.87. The van der Waals surface area contributed by atoms with Crippen molar-refractivity contribution in [2.24, 2.45) is 5.92 Å². The molecule has 1 saturated heterocycles. The highest BCUT2D eigenvalue weighted by molar-refractivity contribution is 5.40. The van der Waals surface area contributed by atoms with E-state index in [0.29, 0.717) is 5.92 Å². The van der Waals surface area contributed by atoms with Crippen LogP contribution >= 0.6 is 0 Å². The van der Waals surface area contributed by atoms with Gasteiger partial charge in [-0.25, -0.2) is 0 Å². The molecule has 94 valence electrons. The van der Waals surface area contributed by atoms with Crippen LogP contribution < -0.4 is 0 Å². The molecule has 1 aliphatic rings. The third-order valence-corrected chi connectivity index (χ3v) is 3.65. The van der Waals surface area contributed by atoms with E-state index in [0.717, 1.165) is 5.57 Å². The molecule has 0 atom stereocenters. The van der Waals surface area contributed by atoms with Gasteiger partial charge < -0.3 is 4.90 Å². The van der Waals surface area contributed by atoms with Gasteiger partial charge >= 0.3 is 0 Å². The zero-order valence-corrected chi connectivity index (χ0v) is 11.5. The molecule has 0 aromatic carbocycles. The largest absolute Gasteiger partial charge is 0.306 e. The number of piperidine rings is 1. The third-order valence-electron chi connectivity index (χ3n) is 3.65. The predicted octanol–water partition coefficient (Wildman–Crippen LogP) is 3.96. The van der Waals surface area contributed by atoms with Gasteiger partial charge in [-0.3, -0.25) is 0 Å². The second kappa shape index (κ2) is 6.61. The zero-order chi connectivity index (χ0) is 12.8. The van der Waals surface area contributed by atoms with E-state index in [1.165, 1.54) is 37.1 Å². The van der Waals surface area contributed by atoms with E-state index in [4.69, 9.17) is 0 Å². The summed E-state index contributed by atoms with van der Waals surface area (Å²) in [4.78, 5) is 2.40. The van der Waals surface area contributed by atoms with Crippen LogP contribution in [-0.4, -0.2) is 25.0 Å². The number of rotatable bonds is 4. The van der Waals surface area contributed by atoms with Gasteiger partial charge in [-0.1, -0.05) is 37.0 Å². The van der Waals surface area contributed by atoms with Crippen LogP contribution in [0, 0.1) is 5.92 Å². The summed E-state index contributed by atoms with van der Waals surface area (Å²) in [5.74, 6) is 0.680. The fourth-order valence-electron chi connectivity index (χ4n) is 2.30.